The fraction of sp³-hybridized carbons (Fsp3) is 0.333. The van der Waals surface area contributed by atoms with E-state index in [0.29, 0.717) is 5.92 Å². The molecule has 0 fully saturated rings. The Morgan fingerprint density at radius 3 is 2.71 bits per heavy atom. The van der Waals surface area contributed by atoms with Crippen LogP contribution in [0.3, 0.4) is 0 Å². The second kappa shape index (κ2) is 3.32. The number of halogens is 1. The first-order valence-electron chi connectivity index (χ1n) is 4.87. The van der Waals surface area contributed by atoms with Crippen molar-refractivity contribution in [3.63, 3.8) is 0 Å². The van der Waals surface area contributed by atoms with Crippen LogP contribution in [-0.2, 0) is 0 Å². The lowest BCUT2D eigenvalue weighted by molar-refractivity contribution is 0.876. The Morgan fingerprint density at radius 1 is 1.36 bits per heavy atom. The fourth-order valence-corrected chi connectivity index (χ4v) is 2.05. The third-order valence-corrected chi connectivity index (χ3v) is 3.09. The predicted octanol–water partition coefficient (Wildman–Crippen LogP) is 4.25. The van der Waals surface area contributed by atoms with Crippen LogP contribution in [0.1, 0.15) is 30.9 Å². The number of aryl methyl sites for hydroxylation is 1. The minimum atomic E-state index is 0.506. The van der Waals surface area contributed by atoms with Gasteiger partial charge in [0.05, 0.1) is 5.52 Å². The zero-order chi connectivity index (χ0) is 10.3. The lowest BCUT2D eigenvalue weighted by atomic mass is 9.97. The molecule has 2 rings (SSSR count). The van der Waals surface area contributed by atoms with Gasteiger partial charge in [0.15, 0.2) is 0 Å². The standard InChI is InChI=1S/C12H14ClN/c1-7(2)10-6-11(13)8(3)12-9(10)4-5-14-12/h4-7,14H,1-3H3. The Labute approximate surface area is 89.1 Å². The summed E-state index contributed by atoms with van der Waals surface area (Å²) in [6.07, 6.45) is 1.97. The minimum absolute atomic E-state index is 0.506. The number of hydrogen-bond donors (Lipinski definition) is 1. The number of hydrogen-bond acceptors (Lipinski definition) is 0. The first-order chi connectivity index (χ1) is 6.61. The van der Waals surface area contributed by atoms with Crippen molar-refractivity contribution >= 4 is 22.5 Å². The van der Waals surface area contributed by atoms with Crippen LogP contribution in [0, 0.1) is 6.92 Å². The van der Waals surface area contributed by atoms with Gasteiger partial charge in [-0.05, 0) is 36.1 Å². The smallest absolute Gasteiger partial charge is 0.0501 e. The van der Waals surface area contributed by atoms with E-state index >= 15 is 0 Å². The summed E-state index contributed by atoms with van der Waals surface area (Å²) in [6.45, 7) is 6.42. The van der Waals surface area contributed by atoms with Gasteiger partial charge in [0, 0.05) is 16.6 Å². The molecule has 1 heterocycles. The number of aromatic amines is 1. The number of rotatable bonds is 1. The molecule has 0 radical (unpaired) electrons. The van der Waals surface area contributed by atoms with E-state index in [2.05, 4.69) is 31.0 Å². The van der Waals surface area contributed by atoms with Gasteiger partial charge in [-0.25, -0.2) is 0 Å². The molecule has 2 heteroatoms. The van der Waals surface area contributed by atoms with E-state index in [1.54, 1.807) is 0 Å². The Balaban J connectivity index is 2.84. The first kappa shape index (κ1) is 9.60. The number of benzene rings is 1. The van der Waals surface area contributed by atoms with Crippen LogP contribution in [0.5, 0.6) is 0 Å². The van der Waals surface area contributed by atoms with Crippen molar-refractivity contribution in [2.45, 2.75) is 26.7 Å². The Kier molecular flexibility index (Phi) is 2.28. The van der Waals surface area contributed by atoms with Crippen molar-refractivity contribution in [2.75, 3.05) is 0 Å². The van der Waals surface area contributed by atoms with E-state index < -0.39 is 0 Å². The first-order valence-corrected chi connectivity index (χ1v) is 5.25. The molecule has 1 aromatic carbocycles. The summed E-state index contributed by atoms with van der Waals surface area (Å²) in [6, 6.07) is 4.20. The molecule has 0 amide bonds. The van der Waals surface area contributed by atoms with Crippen LogP contribution in [0.4, 0.5) is 0 Å². The highest BCUT2D eigenvalue weighted by molar-refractivity contribution is 6.32. The molecule has 0 saturated heterocycles. The Hall–Kier alpha value is -0.950. The number of aromatic nitrogens is 1. The van der Waals surface area contributed by atoms with E-state index in [4.69, 9.17) is 11.6 Å². The highest BCUT2D eigenvalue weighted by atomic mass is 35.5. The topological polar surface area (TPSA) is 15.8 Å². The van der Waals surface area contributed by atoms with Crippen LogP contribution in [0.15, 0.2) is 18.3 Å². The molecule has 1 nitrogen and oxygen atoms in total. The summed E-state index contributed by atoms with van der Waals surface area (Å²) in [5, 5.41) is 2.14. The lowest BCUT2D eigenvalue weighted by Gasteiger charge is -2.10. The van der Waals surface area contributed by atoms with Gasteiger partial charge in [-0.1, -0.05) is 25.4 Å². The van der Waals surface area contributed by atoms with E-state index in [9.17, 15) is 0 Å². The molecule has 74 valence electrons. The maximum absolute atomic E-state index is 6.17. The van der Waals surface area contributed by atoms with E-state index in [0.717, 1.165) is 10.6 Å². The van der Waals surface area contributed by atoms with Gasteiger partial charge in [0.1, 0.15) is 0 Å². The molecule has 0 unspecified atom stereocenters. The fourth-order valence-electron chi connectivity index (χ4n) is 1.84. The lowest BCUT2D eigenvalue weighted by Crippen LogP contribution is -1.90. The summed E-state index contributed by atoms with van der Waals surface area (Å²) in [4.78, 5) is 3.24. The van der Waals surface area contributed by atoms with Crippen LogP contribution in [0.2, 0.25) is 5.02 Å². The molecule has 0 spiro atoms. The highest BCUT2D eigenvalue weighted by Gasteiger charge is 2.10. The zero-order valence-corrected chi connectivity index (χ0v) is 9.44. The highest BCUT2D eigenvalue weighted by Crippen LogP contribution is 2.31. The molecule has 0 aliphatic heterocycles. The zero-order valence-electron chi connectivity index (χ0n) is 8.69. The molecule has 0 bridgehead atoms. The minimum Gasteiger partial charge on any atom is -0.361 e. The number of H-pyrrole nitrogens is 1. The van der Waals surface area contributed by atoms with Gasteiger partial charge in [0.2, 0.25) is 0 Å². The van der Waals surface area contributed by atoms with Gasteiger partial charge in [-0.2, -0.15) is 0 Å². The molecule has 0 saturated carbocycles. The van der Waals surface area contributed by atoms with E-state index in [1.807, 2.05) is 13.1 Å². The molecule has 0 aliphatic carbocycles. The molecule has 1 aromatic heterocycles. The van der Waals surface area contributed by atoms with Gasteiger partial charge < -0.3 is 4.98 Å². The molecular formula is C12H14ClN. The Bertz CT molecular complexity index is 468. The van der Waals surface area contributed by atoms with Gasteiger partial charge >= 0.3 is 0 Å². The number of nitrogens with one attached hydrogen (secondary N) is 1. The summed E-state index contributed by atoms with van der Waals surface area (Å²) < 4.78 is 0. The average Bonchev–Trinajstić information content (AvgIpc) is 2.59. The second-order valence-corrected chi connectivity index (χ2v) is 4.40. The summed E-state index contributed by atoms with van der Waals surface area (Å²) in [5.41, 5.74) is 3.62. The molecular weight excluding hydrogens is 194 g/mol. The van der Waals surface area contributed by atoms with E-state index in [1.165, 1.54) is 16.5 Å². The summed E-state index contributed by atoms with van der Waals surface area (Å²) in [5.74, 6) is 0.506. The third kappa shape index (κ3) is 1.32. The molecule has 2 aromatic rings. The van der Waals surface area contributed by atoms with Crippen molar-refractivity contribution in [1.82, 2.24) is 4.98 Å². The largest absolute Gasteiger partial charge is 0.361 e. The van der Waals surface area contributed by atoms with Crippen molar-refractivity contribution in [3.8, 4) is 0 Å². The molecule has 0 aliphatic rings. The maximum Gasteiger partial charge on any atom is 0.0501 e. The maximum atomic E-state index is 6.17. The van der Waals surface area contributed by atoms with E-state index in [-0.39, 0.29) is 0 Å². The van der Waals surface area contributed by atoms with Crippen LogP contribution >= 0.6 is 11.6 Å². The SMILES string of the molecule is Cc1c(Cl)cc(C(C)C)c2cc[nH]c12. The van der Waals surface area contributed by atoms with Crippen molar-refractivity contribution in [2.24, 2.45) is 0 Å². The number of fused-ring (bicyclic) bond motifs is 1. The van der Waals surface area contributed by atoms with Gasteiger partial charge in [-0.15, -0.1) is 0 Å². The van der Waals surface area contributed by atoms with Crippen LogP contribution in [0.25, 0.3) is 10.9 Å². The second-order valence-electron chi connectivity index (χ2n) is 3.99. The van der Waals surface area contributed by atoms with Crippen LogP contribution in [-0.4, -0.2) is 4.98 Å². The molecule has 1 N–H and O–H groups in total. The summed E-state index contributed by atoms with van der Waals surface area (Å²) in [7, 11) is 0. The third-order valence-electron chi connectivity index (χ3n) is 2.70. The molecule has 0 atom stereocenters. The normalized spacial score (nSPS) is 11.5. The van der Waals surface area contributed by atoms with Gasteiger partial charge in [-0.3, -0.25) is 0 Å². The Morgan fingerprint density at radius 2 is 2.07 bits per heavy atom. The van der Waals surface area contributed by atoms with Gasteiger partial charge in [0.25, 0.3) is 0 Å². The molecule has 14 heavy (non-hydrogen) atoms. The van der Waals surface area contributed by atoms with Crippen molar-refractivity contribution in [1.29, 1.82) is 0 Å². The average molecular weight is 208 g/mol. The quantitative estimate of drug-likeness (QED) is 0.720. The predicted molar refractivity (Wildman–Crippen MR) is 62.1 cm³/mol. The van der Waals surface area contributed by atoms with Crippen LogP contribution < -0.4 is 0 Å². The summed E-state index contributed by atoms with van der Waals surface area (Å²) >= 11 is 6.17. The van der Waals surface area contributed by atoms with Crippen molar-refractivity contribution in [3.05, 3.63) is 34.5 Å². The van der Waals surface area contributed by atoms with Crippen molar-refractivity contribution < 1.29 is 0 Å². The monoisotopic (exact) mass is 207 g/mol.